The topological polar surface area (TPSA) is 33.1 Å². The van der Waals surface area contributed by atoms with E-state index in [-0.39, 0.29) is 0 Å². The monoisotopic (exact) mass is 286 g/mol. The number of hydrogen-bond donors (Lipinski definition) is 1. The maximum atomic E-state index is 4.51. The number of nitrogens with one attached hydrogen (secondary N) is 1. The predicted molar refractivity (Wildman–Crippen MR) is 88.7 cm³/mol. The lowest BCUT2D eigenvalue weighted by molar-refractivity contribution is 0.571. The highest BCUT2D eigenvalue weighted by molar-refractivity contribution is 5.45. The van der Waals surface area contributed by atoms with Gasteiger partial charge in [0.1, 0.15) is 0 Å². The first-order valence-corrected chi connectivity index (χ1v) is 7.55. The second-order valence-electron chi connectivity index (χ2n) is 5.69. The van der Waals surface area contributed by atoms with Gasteiger partial charge in [-0.25, -0.2) is 0 Å². The second kappa shape index (κ2) is 6.76. The van der Waals surface area contributed by atoms with Crippen molar-refractivity contribution in [2.24, 2.45) is 0 Å². The molecular formula is C17H26N4. The standard InChI is InChI=1S/C17H26N4/c1-6-21-12-17(14(3)19-21)13(2)18-11-15-7-9-16(10-8-15)20(4)5/h7-10,12-13,18H,6,11H2,1-5H3. The van der Waals surface area contributed by atoms with Crippen LogP contribution in [-0.2, 0) is 13.1 Å². The van der Waals surface area contributed by atoms with Gasteiger partial charge < -0.3 is 10.2 Å². The molecule has 1 aromatic heterocycles. The number of benzene rings is 1. The van der Waals surface area contributed by atoms with Gasteiger partial charge in [0, 0.05) is 50.7 Å². The van der Waals surface area contributed by atoms with E-state index in [0.29, 0.717) is 6.04 Å². The molecule has 114 valence electrons. The van der Waals surface area contributed by atoms with Gasteiger partial charge in [-0.1, -0.05) is 12.1 Å². The molecule has 1 heterocycles. The highest BCUT2D eigenvalue weighted by Gasteiger charge is 2.11. The third-order valence-corrected chi connectivity index (χ3v) is 3.84. The van der Waals surface area contributed by atoms with Crippen LogP contribution in [0.2, 0.25) is 0 Å². The molecule has 0 amide bonds. The number of anilines is 1. The van der Waals surface area contributed by atoms with Crippen LogP contribution in [0.4, 0.5) is 5.69 Å². The first kappa shape index (κ1) is 15.6. The van der Waals surface area contributed by atoms with Crippen LogP contribution in [0.25, 0.3) is 0 Å². The van der Waals surface area contributed by atoms with E-state index < -0.39 is 0 Å². The van der Waals surface area contributed by atoms with Crippen LogP contribution in [0, 0.1) is 6.92 Å². The van der Waals surface area contributed by atoms with Crippen LogP contribution in [0.1, 0.15) is 36.7 Å². The first-order chi connectivity index (χ1) is 10.0. The summed E-state index contributed by atoms with van der Waals surface area (Å²) in [5.41, 5.74) is 4.92. The summed E-state index contributed by atoms with van der Waals surface area (Å²) in [6.45, 7) is 8.16. The molecule has 2 aromatic rings. The van der Waals surface area contributed by atoms with Crippen molar-refractivity contribution in [3.8, 4) is 0 Å². The Morgan fingerprint density at radius 3 is 2.43 bits per heavy atom. The SMILES string of the molecule is CCn1cc(C(C)NCc2ccc(N(C)C)cc2)c(C)n1. The molecule has 1 unspecified atom stereocenters. The zero-order chi connectivity index (χ0) is 15.4. The quantitative estimate of drug-likeness (QED) is 0.885. The van der Waals surface area contributed by atoms with Gasteiger partial charge in [-0.15, -0.1) is 0 Å². The Hall–Kier alpha value is -1.81. The van der Waals surface area contributed by atoms with Crippen molar-refractivity contribution in [1.29, 1.82) is 0 Å². The summed E-state index contributed by atoms with van der Waals surface area (Å²) in [5, 5.41) is 8.08. The number of hydrogen-bond acceptors (Lipinski definition) is 3. The molecule has 0 aliphatic rings. The van der Waals surface area contributed by atoms with E-state index in [1.807, 2.05) is 4.68 Å². The molecule has 0 aliphatic carbocycles. The molecular weight excluding hydrogens is 260 g/mol. The van der Waals surface area contributed by atoms with Crippen molar-refractivity contribution < 1.29 is 0 Å². The van der Waals surface area contributed by atoms with E-state index in [2.05, 4.69) is 80.6 Å². The number of aromatic nitrogens is 2. The molecule has 1 atom stereocenters. The van der Waals surface area contributed by atoms with Gasteiger partial charge in [0.05, 0.1) is 5.69 Å². The van der Waals surface area contributed by atoms with Gasteiger partial charge in [0.2, 0.25) is 0 Å². The van der Waals surface area contributed by atoms with Crippen LogP contribution in [0.3, 0.4) is 0 Å². The Balaban J connectivity index is 1.96. The Morgan fingerprint density at radius 2 is 1.90 bits per heavy atom. The fraction of sp³-hybridized carbons (Fsp3) is 0.471. The number of aryl methyl sites for hydroxylation is 2. The summed E-state index contributed by atoms with van der Waals surface area (Å²) >= 11 is 0. The maximum Gasteiger partial charge on any atom is 0.0641 e. The smallest absolute Gasteiger partial charge is 0.0641 e. The van der Waals surface area contributed by atoms with Gasteiger partial charge in [-0.3, -0.25) is 4.68 Å². The first-order valence-electron chi connectivity index (χ1n) is 7.55. The molecule has 0 aliphatic heterocycles. The van der Waals surface area contributed by atoms with Crippen molar-refractivity contribution in [3.63, 3.8) is 0 Å². The van der Waals surface area contributed by atoms with Crippen molar-refractivity contribution in [2.45, 2.75) is 39.9 Å². The summed E-state index contributed by atoms with van der Waals surface area (Å²) in [5.74, 6) is 0. The maximum absolute atomic E-state index is 4.51. The van der Waals surface area contributed by atoms with E-state index >= 15 is 0 Å². The lowest BCUT2D eigenvalue weighted by Gasteiger charge is -2.15. The van der Waals surface area contributed by atoms with Gasteiger partial charge >= 0.3 is 0 Å². The Kier molecular flexibility index (Phi) is 5.02. The van der Waals surface area contributed by atoms with E-state index in [4.69, 9.17) is 0 Å². The lowest BCUT2D eigenvalue weighted by atomic mass is 10.1. The fourth-order valence-corrected chi connectivity index (χ4v) is 2.41. The van der Waals surface area contributed by atoms with Gasteiger partial charge in [0.15, 0.2) is 0 Å². The molecule has 0 saturated heterocycles. The van der Waals surface area contributed by atoms with Crippen LogP contribution >= 0.6 is 0 Å². The van der Waals surface area contributed by atoms with Crippen molar-refractivity contribution >= 4 is 5.69 Å². The summed E-state index contributed by atoms with van der Waals surface area (Å²) in [6, 6.07) is 8.97. The van der Waals surface area contributed by atoms with Crippen LogP contribution in [0.15, 0.2) is 30.5 Å². The zero-order valence-electron chi connectivity index (χ0n) is 13.7. The average molecular weight is 286 g/mol. The highest BCUT2D eigenvalue weighted by Crippen LogP contribution is 2.17. The molecule has 21 heavy (non-hydrogen) atoms. The number of nitrogens with zero attached hydrogens (tertiary/aromatic N) is 3. The van der Waals surface area contributed by atoms with Gasteiger partial charge in [-0.2, -0.15) is 5.10 Å². The minimum atomic E-state index is 0.304. The molecule has 0 fully saturated rings. The minimum Gasteiger partial charge on any atom is -0.378 e. The van der Waals surface area contributed by atoms with E-state index in [9.17, 15) is 0 Å². The summed E-state index contributed by atoms with van der Waals surface area (Å²) in [6.07, 6.45) is 2.14. The molecule has 4 nitrogen and oxygen atoms in total. The minimum absolute atomic E-state index is 0.304. The van der Waals surface area contributed by atoms with E-state index in [1.165, 1.54) is 16.8 Å². The average Bonchev–Trinajstić information content (AvgIpc) is 2.86. The summed E-state index contributed by atoms with van der Waals surface area (Å²) in [7, 11) is 4.12. The number of rotatable bonds is 6. The highest BCUT2D eigenvalue weighted by atomic mass is 15.3. The summed E-state index contributed by atoms with van der Waals surface area (Å²) < 4.78 is 1.99. The Morgan fingerprint density at radius 1 is 1.24 bits per heavy atom. The molecule has 4 heteroatoms. The third kappa shape index (κ3) is 3.85. The molecule has 1 aromatic carbocycles. The zero-order valence-corrected chi connectivity index (χ0v) is 13.7. The molecule has 2 rings (SSSR count). The molecule has 0 saturated carbocycles. The van der Waals surface area contributed by atoms with Crippen LogP contribution in [-0.4, -0.2) is 23.9 Å². The lowest BCUT2D eigenvalue weighted by Crippen LogP contribution is -2.18. The second-order valence-corrected chi connectivity index (χ2v) is 5.69. The van der Waals surface area contributed by atoms with Crippen LogP contribution < -0.4 is 10.2 Å². The molecule has 0 radical (unpaired) electrons. The molecule has 0 spiro atoms. The Labute approximate surface area is 127 Å². The van der Waals surface area contributed by atoms with Gasteiger partial charge in [0.25, 0.3) is 0 Å². The largest absolute Gasteiger partial charge is 0.378 e. The Bertz CT molecular complexity index is 569. The molecule has 1 N–H and O–H groups in total. The predicted octanol–water partition coefficient (Wildman–Crippen LogP) is 3.13. The summed E-state index contributed by atoms with van der Waals surface area (Å²) in [4.78, 5) is 2.11. The van der Waals surface area contributed by atoms with E-state index in [0.717, 1.165) is 18.8 Å². The van der Waals surface area contributed by atoms with Crippen molar-refractivity contribution in [3.05, 3.63) is 47.3 Å². The molecule has 0 bridgehead atoms. The van der Waals surface area contributed by atoms with Crippen LogP contribution in [0.5, 0.6) is 0 Å². The van der Waals surface area contributed by atoms with Crippen molar-refractivity contribution in [1.82, 2.24) is 15.1 Å². The fourth-order valence-electron chi connectivity index (χ4n) is 2.41. The van der Waals surface area contributed by atoms with Gasteiger partial charge in [-0.05, 0) is 38.5 Å². The normalized spacial score (nSPS) is 12.4. The van der Waals surface area contributed by atoms with E-state index in [1.54, 1.807) is 0 Å². The third-order valence-electron chi connectivity index (χ3n) is 3.84. The van der Waals surface area contributed by atoms with Crippen molar-refractivity contribution in [2.75, 3.05) is 19.0 Å².